The van der Waals surface area contributed by atoms with E-state index >= 15 is 0 Å². The number of rotatable bonds is 2. The van der Waals surface area contributed by atoms with Gasteiger partial charge in [-0.2, -0.15) is 0 Å². The predicted molar refractivity (Wildman–Crippen MR) is 67.4 cm³/mol. The van der Waals surface area contributed by atoms with Crippen molar-refractivity contribution in [2.24, 2.45) is 21.5 Å². The van der Waals surface area contributed by atoms with Gasteiger partial charge in [0, 0.05) is 6.20 Å². The lowest BCUT2D eigenvalue weighted by molar-refractivity contribution is 0.269. The van der Waals surface area contributed by atoms with Gasteiger partial charge >= 0.3 is 0 Å². The molecule has 90 valence electrons. The van der Waals surface area contributed by atoms with Crippen molar-refractivity contribution in [3.05, 3.63) is 30.1 Å². The normalized spacial score (nSPS) is 24.1. The molecule has 2 heterocycles. The highest BCUT2D eigenvalue weighted by molar-refractivity contribution is 5.90. The van der Waals surface area contributed by atoms with Gasteiger partial charge in [-0.3, -0.25) is 10.7 Å². The first-order chi connectivity index (χ1) is 7.96. The summed E-state index contributed by atoms with van der Waals surface area (Å²) in [5, 5.41) is 2.70. The molecule has 17 heavy (non-hydrogen) atoms. The van der Waals surface area contributed by atoms with Crippen LogP contribution in [0.3, 0.4) is 0 Å². The highest BCUT2D eigenvalue weighted by atomic mass is 15.3. The summed E-state index contributed by atoms with van der Waals surface area (Å²) in [6, 6.07) is 5.66. The standard InChI is InChI=1S/C11H16N6/c1-10(2,8-5-3-4-6-14-8)11(13)16-7-15-9(12)17-11/h3-7H,13H2,1-2H3,(H3,12,15,16,17). The minimum absolute atomic E-state index is 0.256. The molecule has 1 aliphatic heterocycles. The van der Waals surface area contributed by atoms with Crippen molar-refractivity contribution in [3.8, 4) is 0 Å². The Bertz CT molecular complexity index is 464. The Hall–Kier alpha value is -1.95. The van der Waals surface area contributed by atoms with Gasteiger partial charge in [0.25, 0.3) is 0 Å². The van der Waals surface area contributed by atoms with Crippen LogP contribution in [0.5, 0.6) is 0 Å². The first-order valence-electron chi connectivity index (χ1n) is 5.32. The van der Waals surface area contributed by atoms with E-state index in [-0.39, 0.29) is 5.96 Å². The summed E-state index contributed by atoms with van der Waals surface area (Å²) in [7, 11) is 0. The van der Waals surface area contributed by atoms with Crippen LogP contribution in [0.25, 0.3) is 0 Å². The third kappa shape index (κ3) is 1.87. The molecule has 0 bridgehead atoms. The van der Waals surface area contributed by atoms with Crippen molar-refractivity contribution in [1.29, 1.82) is 0 Å². The van der Waals surface area contributed by atoms with Gasteiger partial charge in [0.05, 0.1) is 17.4 Å². The molecule has 0 spiro atoms. The molecule has 6 nitrogen and oxygen atoms in total. The largest absolute Gasteiger partial charge is 0.370 e. The summed E-state index contributed by atoms with van der Waals surface area (Å²) in [5.41, 5.74) is 12.1. The lowest BCUT2D eigenvalue weighted by Crippen LogP contribution is -2.57. The Morgan fingerprint density at radius 3 is 2.71 bits per heavy atom. The average molecular weight is 232 g/mol. The molecule has 0 fully saturated rings. The number of hydrogen-bond donors (Lipinski definition) is 3. The monoisotopic (exact) mass is 232 g/mol. The molecular formula is C11H16N6. The van der Waals surface area contributed by atoms with Crippen LogP contribution in [0.2, 0.25) is 0 Å². The molecule has 6 heteroatoms. The molecule has 1 aromatic heterocycles. The summed E-state index contributed by atoms with van der Waals surface area (Å²) in [6.07, 6.45) is 3.19. The molecule has 0 aromatic carbocycles. The van der Waals surface area contributed by atoms with E-state index in [1.54, 1.807) is 6.20 Å². The minimum Gasteiger partial charge on any atom is -0.370 e. The number of nitrogens with zero attached hydrogens (tertiary/aromatic N) is 3. The van der Waals surface area contributed by atoms with E-state index in [4.69, 9.17) is 11.5 Å². The van der Waals surface area contributed by atoms with E-state index < -0.39 is 11.2 Å². The second-order valence-electron chi connectivity index (χ2n) is 4.47. The molecule has 1 aromatic rings. The molecule has 0 aliphatic carbocycles. The first-order valence-corrected chi connectivity index (χ1v) is 5.32. The van der Waals surface area contributed by atoms with Crippen LogP contribution in [-0.4, -0.2) is 23.1 Å². The van der Waals surface area contributed by atoms with E-state index in [2.05, 4.69) is 20.3 Å². The Morgan fingerprint density at radius 1 is 1.35 bits per heavy atom. The van der Waals surface area contributed by atoms with Gasteiger partial charge in [-0.05, 0) is 26.0 Å². The van der Waals surface area contributed by atoms with Gasteiger partial charge in [0.2, 0.25) is 5.79 Å². The maximum Gasteiger partial charge on any atom is 0.218 e. The maximum atomic E-state index is 6.21. The van der Waals surface area contributed by atoms with Crippen LogP contribution in [-0.2, 0) is 5.41 Å². The number of nitrogens with two attached hydrogens (primary N) is 2. The summed E-state index contributed by atoms with van der Waals surface area (Å²) in [5.74, 6) is -0.886. The van der Waals surface area contributed by atoms with Crippen LogP contribution in [0, 0.1) is 0 Å². The number of hydrogen-bond acceptors (Lipinski definition) is 6. The lowest BCUT2D eigenvalue weighted by atomic mass is 9.81. The number of guanidine groups is 1. The van der Waals surface area contributed by atoms with Crippen LogP contribution >= 0.6 is 0 Å². The molecule has 0 saturated carbocycles. The molecule has 1 aliphatic rings. The zero-order chi connectivity index (χ0) is 12.5. The number of nitrogens with one attached hydrogen (secondary N) is 1. The number of aliphatic imine (C=N–C) groups is 2. The smallest absolute Gasteiger partial charge is 0.218 e. The third-order valence-corrected chi connectivity index (χ3v) is 2.99. The predicted octanol–water partition coefficient (Wildman–Crippen LogP) is -0.0821. The molecular weight excluding hydrogens is 216 g/mol. The van der Waals surface area contributed by atoms with Crippen LogP contribution in [0.1, 0.15) is 19.5 Å². The zero-order valence-electron chi connectivity index (χ0n) is 9.88. The first kappa shape index (κ1) is 11.5. The van der Waals surface area contributed by atoms with E-state index in [1.807, 2.05) is 32.0 Å². The van der Waals surface area contributed by atoms with Gasteiger partial charge < -0.3 is 11.1 Å². The van der Waals surface area contributed by atoms with Crippen molar-refractivity contribution < 1.29 is 0 Å². The Balaban J connectivity index is 2.45. The summed E-state index contributed by atoms with van der Waals surface area (Å²) < 4.78 is 0. The number of pyridine rings is 1. The molecule has 2 rings (SSSR count). The minimum atomic E-state index is -1.14. The van der Waals surface area contributed by atoms with Crippen molar-refractivity contribution in [1.82, 2.24) is 10.3 Å². The molecule has 1 atom stereocenters. The fraction of sp³-hybridized carbons (Fsp3) is 0.364. The summed E-state index contributed by atoms with van der Waals surface area (Å²) in [6.45, 7) is 3.88. The highest BCUT2D eigenvalue weighted by Crippen LogP contribution is 2.34. The highest BCUT2D eigenvalue weighted by Gasteiger charge is 2.45. The quantitative estimate of drug-likeness (QED) is 0.663. The van der Waals surface area contributed by atoms with Crippen molar-refractivity contribution in [2.45, 2.75) is 25.0 Å². The molecule has 0 amide bonds. The van der Waals surface area contributed by atoms with E-state index in [0.717, 1.165) is 5.69 Å². The van der Waals surface area contributed by atoms with Crippen molar-refractivity contribution >= 4 is 12.3 Å². The van der Waals surface area contributed by atoms with Crippen LogP contribution in [0.15, 0.2) is 34.4 Å². The van der Waals surface area contributed by atoms with Crippen molar-refractivity contribution in [2.75, 3.05) is 0 Å². The maximum absolute atomic E-state index is 6.21. The Morgan fingerprint density at radius 2 is 2.12 bits per heavy atom. The van der Waals surface area contributed by atoms with Gasteiger partial charge in [-0.15, -0.1) is 0 Å². The van der Waals surface area contributed by atoms with Gasteiger partial charge in [-0.25, -0.2) is 9.98 Å². The summed E-state index contributed by atoms with van der Waals surface area (Å²) >= 11 is 0. The van der Waals surface area contributed by atoms with Gasteiger partial charge in [0.1, 0.15) is 0 Å². The topological polar surface area (TPSA) is 102 Å². The van der Waals surface area contributed by atoms with E-state index in [1.165, 1.54) is 6.34 Å². The molecule has 1 unspecified atom stereocenters. The fourth-order valence-corrected chi connectivity index (χ4v) is 1.66. The van der Waals surface area contributed by atoms with Crippen LogP contribution < -0.4 is 16.8 Å². The van der Waals surface area contributed by atoms with Crippen molar-refractivity contribution in [3.63, 3.8) is 0 Å². The van der Waals surface area contributed by atoms with Gasteiger partial charge in [0.15, 0.2) is 5.96 Å². The number of aromatic nitrogens is 1. The fourth-order valence-electron chi connectivity index (χ4n) is 1.66. The van der Waals surface area contributed by atoms with Gasteiger partial charge in [-0.1, -0.05) is 6.07 Å². The average Bonchev–Trinajstić information content (AvgIpc) is 2.29. The van der Waals surface area contributed by atoms with E-state index in [0.29, 0.717) is 0 Å². The third-order valence-electron chi connectivity index (χ3n) is 2.99. The molecule has 0 saturated heterocycles. The molecule has 0 radical (unpaired) electrons. The van der Waals surface area contributed by atoms with E-state index in [9.17, 15) is 0 Å². The second-order valence-corrected chi connectivity index (χ2v) is 4.47. The SMILES string of the molecule is CC(C)(c1ccccn1)C1(N)N=CNC(N)=N1. The lowest BCUT2D eigenvalue weighted by Gasteiger charge is -2.38. The Labute approximate surface area is 99.9 Å². The Kier molecular flexibility index (Phi) is 2.59. The zero-order valence-corrected chi connectivity index (χ0v) is 9.88. The van der Waals surface area contributed by atoms with Crippen LogP contribution in [0.4, 0.5) is 0 Å². The second kappa shape index (κ2) is 3.81. The molecule has 5 N–H and O–H groups in total. The summed E-state index contributed by atoms with van der Waals surface area (Å²) in [4.78, 5) is 12.7.